The van der Waals surface area contributed by atoms with Gasteiger partial charge in [0.05, 0.1) is 31.3 Å². The highest BCUT2D eigenvalue weighted by Gasteiger charge is 2.39. The molecular formula is C32H38N2O8. The second kappa shape index (κ2) is 14.4. The number of anilines is 1. The van der Waals surface area contributed by atoms with Gasteiger partial charge in [-0.05, 0) is 48.0 Å². The maximum absolute atomic E-state index is 12.0. The van der Waals surface area contributed by atoms with Crippen molar-refractivity contribution in [2.75, 3.05) is 25.5 Å². The molecule has 5 atom stereocenters. The minimum absolute atomic E-state index is 0.0543. The van der Waals surface area contributed by atoms with Crippen molar-refractivity contribution in [1.82, 2.24) is 4.90 Å². The van der Waals surface area contributed by atoms with Crippen LogP contribution in [0.25, 0.3) is 0 Å². The highest BCUT2D eigenvalue weighted by Crippen LogP contribution is 2.42. The van der Waals surface area contributed by atoms with Crippen molar-refractivity contribution in [3.63, 3.8) is 0 Å². The molecular weight excluding hydrogens is 540 g/mol. The number of phenolic OH excluding ortho intramolecular Hbond substituents is 1. The van der Waals surface area contributed by atoms with Crippen LogP contribution in [0.15, 0.2) is 72.8 Å². The molecule has 0 saturated carbocycles. The van der Waals surface area contributed by atoms with Crippen molar-refractivity contribution >= 4 is 17.6 Å². The summed E-state index contributed by atoms with van der Waals surface area (Å²) < 4.78 is 12.9. The zero-order valence-electron chi connectivity index (χ0n) is 23.7. The minimum Gasteiger partial charge on any atom is -0.508 e. The van der Waals surface area contributed by atoms with Crippen LogP contribution >= 0.6 is 0 Å². The first-order chi connectivity index (χ1) is 20.1. The van der Waals surface area contributed by atoms with E-state index < -0.39 is 18.4 Å². The number of carboxylic acid groups (broad SMARTS) is 1. The number of carbonyl (C=O) groups is 2. The van der Waals surface area contributed by atoms with Crippen LogP contribution in [-0.4, -0.2) is 63.4 Å². The standard InChI is InChI=1S/C32H38N2O8/c1-20-28(18-34(2)17-27(37)24-4-3-5-26(36)16-24)41-32(42-31(20)22-8-6-21(19-35)7-9-22)23-10-12-25(13-11-23)33-29(38)14-15-30(39)40/h3-13,16,20,27-28,31-32,35-37H,14-15,17-19H2,1-2H3,(H,33,38)(H,39,40)/t20-,27-,28+,31+,32+/m1/s1. The molecule has 42 heavy (non-hydrogen) atoms. The van der Waals surface area contributed by atoms with Gasteiger partial charge >= 0.3 is 5.97 Å². The van der Waals surface area contributed by atoms with Crippen LogP contribution in [0.2, 0.25) is 0 Å². The summed E-state index contributed by atoms with van der Waals surface area (Å²) in [6.45, 7) is 2.83. The lowest BCUT2D eigenvalue weighted by Gasteiger charge is -2.42. The Kier molecular flexibility index (Phi) is 10.7. The van der Waals surface area contributed by atoms with E-state index in [0.29, 0.717) is 24.3 Å². The highest BCUT2D eigenvalue weighted by molar-refractivity contribution is 5.92. The summed E-state index contributed by atoms with van der Waals surface area (Å²) in [6, 6.07) is 21.2. The molecule has 10 heteroatoms. The molecule has 1 saturated heterocycles. The first-order valence-electron chi connectivity index (χ1n) is 13.9. The Bertz CT molecular complexity index is 1330. The third-order valence-corrected chi connectivity index (χ3v) is 7.39. The topological polar surface area (TPSA) is 149 Å². The summed E-state index contributed by atoms with van der Waals surface area (Å²) in [5.41, 5.74) is 3.65. The number of likely N-dealkylation sites (N-methyl/N-ethyl adjacent to an activating group) is 1. The lowest BCUT2D eigenvalue weighted by atomic mass is 9.90. The van der Waals surface area contributed by atoms with E-state index in [0.717, 1.165) is 16.7 Å². The minimum atomic E-state index is -1.03. The van der Waals surface area contributed by atoms with Gasteiger partial charge in [-0.25, -0.2) is 0 Å². The number of phenols is 1. The summed E-state index contributed by atoms with van der Waals surface area (Å²) >= 11 is 0. The number of carbonyl (C=O) groups excluding carboxylic acids is 1. The van der Waals surface area contributed by atoms with E-state index in [-0.39, 0.29) is 49.2 Å². The van der Waals surface area contributed by atoms with Crippen molar-refractivity contribution in [3.05, 3.63) is 95.1 Å². The Morgan fingerprint density at radius 3 is 2.31 bits per heavy atom. The van der Waals surface area contributed by atoms with Crippen LogP contribution in [0.3, 0.4) is 0 Å². The summed E-state index contributed by atoms with van der Waals surface area (Å²) in [7, 11) is 1.90. The number of aliphatic hydroxyl groups is 2. The summed E-state index contributed by atoms with van der Waals surface area (Å²) in [4.78, 5) is 24.8. The molecule has 10 nitrogen and oxygen atoms in total. The Hall–Kier alpha value is -3.80. The van der Waals surface area contributed by atoms with Crippen molar-refractivity contribution in [2.24, 2.45) is 5.92 Å². The van der Waals surface area contributed by atoms with Gasteiger partial charge in [0.25, 0.3) is 0 Å². The van der Waals surface area contributed by atoms with Crippen molar-refractivity contribution in [2.45, 2.75) is 51.0 Å². The Balaban J connectivity index is 1.50. The molecule has 3 aromatic carbocycles. The predicted octanol–water partition coefficient (Wildman–Crippen LogP) is 4.14. The number of aliphatic hydroxyl groups excluding tert-OH is 2. The van der Waals surface area contributed by atoms with Gasteiger partial charge in [0.1, 0.15) is 5.75 Å². The van der Waals surface area contributed by atoms with Gasteiger partial charge in [-0.15, -0.1) is 0 Å². The summed E-state index contributed by atoms with van der Waals surface area (Å²) in [5.74, 6) is -1.38. The largest absolute Gasteiger partial charge is 0.508 e. The van der Waals surface area contributed by atoms with E-state index in [1.54, 1.807) is 48.5 Å². The molecule has 0 unspecified atom stereocenters. The molecule has 0 aliphatic carbocycles. The number of carboxylic acids is 1. The summed E-state index contributed by atoms with van der Waals surface area (Å²) in [5, 5.41) is 41.5. The Labute approximate surface area is 245 Å². The molecule has 4 rings (SSSR count). The molecule has 0 spiro atoms. The SMILES string of the molecule is C[C@@H]1[C@H](CN(C)C[C@@H](O)c2cccc(O)c2)O[C@H](c2ccc(NC(=O)CCC(=O)O)cc2)O[C@@H]1c1ccc(CO)cc1. The van der Waals surface area contributed by atoms with Gasteiger partial charge in [-0.2, -0.15) is 0 Å². The highest BCUT2D eigenvalue weighted by atomic mass is 16.7. The van der Waals surface area contributed by atoms with E-state index in [2.05, 4.69) is 12.2 Å². The number of hydrogen-bond acceptors (Lipinski definition) is 8. The van der Waals surface area contributed by atoms with Gasteiger partial charge in [-0.3, -0.25) is 9.59 Å². The van der Waals surface area contributed by atoms with E-state index in [1.165, 1.54) is 0 Å². The van der Waals surface area contributed by atoms with Gasteiger partial charge in [0.15, 0.2) is 6.29 Å². The molecule has 0 aromatic heterocycles. The number of amides is 1. The number of ether oxygens (including phenoxy) is 2. The molecule has 224 valence electrons. The number of benzene rings is 3. The van der Waals surface area contributed by atoms with Gasteiger partial charge in [0.2, 0.25) is 5.91 Å². The van der Waals surface area contributed by atoms with Gasteiger partial charge < -0.3 is 40.1 Å². The zero-order chi connectivity index (χ0) is 30.2. The molecule has 1 amide bonds. The summed E-state index contributed by atoms with van der Waals surface area (Å²) in [6.07, 6.45) is -2.46. The Morgan fingerprint density at radius 2 is 1.67 bits per heavy atom. The van der Waals surface area contributed by atoms with E-state index in [4.69, 9.17) is 14.6 Å². The predicted molar refractivity (Wildman–Crippen MR) is 155 cm³/mol. The van der Waals surface area contributed by atoms with Crippen molar-refractivity contribution in [1.29, 1.82) is 0 Å². The lowest BCUT2D eigenvalue weighted by molar-refractivity contribution is -0.276. The third-order valence-electron chi connectivity index (χ3n) is 7.39. The molecule has 0 radical (unpaired) electrons. The zero-order valence-corrected chi connectivity index (χ0v) is 23.7. The second-order valence-electron chi connectivity index (χ2n) is 10.7. The lowest BCUT2D eigenvalue weighted by Crippen LogP contribution is -2.44. The van der Waals surface area contributed by atoms with Crippen LogP contribution in [0.5, 0.6) is 5.75 Å². The van der Waals surface area contributed by atoms with Crippen LogP contribution < -0.4 is 5.32 Å². The van der Waals surface area contributed by atoms with Crippen LogP contribution in [-0.2, 0) is 25.7 Å². The van der Waals surface area contributed by atoms with Crippen molar-refractivity contribution in [3.8, 4) is 5.75 Å². The maximum atomic E-state index is 12.0. The van der Waals surface area contributed by atoms with Crippen LogP contribution in [0, 0.1) is 5.92 Å². The normalized spacial score (nSPS) is 21.2. The number of aromatic hydroxyl groups is 1. The van der Waals surface area contributed by atoms with Crippen molar-refractivity contribution < 1.29 is 39.5 Å². The van der Waals surface area contributed by atoms with Gasteiger partial charge in [0, 0.05) is 36.7 Å². The van der Waals surface area contributed by atoms with Gasteiger partial charge in [-0.1, -0.05) is 55.5 Å². The maximum Gasteiger partial charge on any atom is 0.303 e. The molecule has 1 aliphatic rings. The van der Waals surface area contributed by atoms with E-state index in [9.17, 15) is 24.9 Å². The molecule has 1 aliphatic heterocycles. The average Bonchev–Trinajstić information content (AvgIpc) is 2.97. The average molecular weight is 579 g/mol. The number of nitrogens with zero attached hydrogens (tertiary/aromatic N) is 1. The quantitative estimate of drug-likeness (QED) is 0.214. The second-order valence-corrected chi connectivity index (χ2v) is 10.7. The van der Waals surface area contributed by atoms with Crippen LogP contribution in [0.1, 0.15) is 60.5 Å². The van der Waals surface area contributed by atoms with E-state index >= 15 is 0 Å². The molecule has 1 fully saturated rings. The molecule has 5 N–H and O–H groups in total. The molecule has 3 aromatic rings. The first-order valence-corrected chi connectivity index (χ1v) is 13.9. The fourth-order valence-corrected chi connectivity index (χ4v) is 5.01. The number of nitrogens with one attached hydrogen (secondary N) is 1. The van der Waals surface area contributed by atoms with Crippen LogP contribution in [0.4, 0.5) is 5.69 Å². The molecule has 1 heterocycles. The molecule has 0 bridgehead atoms. The monoisotopic (exact) mass is 578 g/mol. The smallest absolute Gasteiger partial charge is 0.303 e. The Morgan fingerprint density at radius 1 is 0.976 bits per heavy atom. The first kappa shape index (κ1) is 31.1. The number of aliphatic carboxylic acids is 1. The number of rotatable bonds is 12. The fraction of sp³-hybridized carbons (Fsp3) is 0.375. The number of hydrogen-bond donors (Lipinski definition) is 5. The van der Waals surface area contributed by atoms with E-state index in [1.807, 2.05) is 36.2 Å². The third kappa shape index (κ3) is 8.37. The fourth-order valence-electron chi connectivity index (χ4n) is 5.01.